The molecule has 65 heavy (non-hydrogen) atoms. The predicted molar refractivity (Wildman–Crippen MR) is 237 cm³/mol. The Labute approximate surface area is 379 Å². The third-order valence-corrected chi connectivity index (χ3v) is 13.4. The summed E-state index contributed by atoms with van der Waals surface area (Å²) in [6, 6.07) is 44.6. The molecule has 2 N–H and O–H groups in total. The highest BCUT2D eigenvalue weighted by molar-refractivity contribution is 8.00. The number of rotatable bonds is 15. The molecule has 1 fully saturated rings. The van der Waals surface area contributed by atoms with Crippen molar-refractivity contribution >= 4 is 61.8 Å². The number of thiazole rings is 1. The molecule has 0 bridgehead atoms. The Hall–Kier alpha value is -6.96. The molecule has 1 aromatic heterocycles. The van der Waals surface area contributed by atoms with Gasteiger partial charge in [0.25, 0.3) is 11.8 Å². The second-order valence-corrected chi connectivity index (χ2v) is 17.9. The van der Waals surface area contributed by atoms with Gasteiger partial charge in [0.05, 0.1) is 5.75 Å². The minimum Gasteiger partial charge on any atom is -0.448 e. The van der Waals surface area contributed by atoms with Crippen molar-refractivity contribution in [2.45, 2.75) is 28.6 Å². The van der Waals surface area contributed by atoms with Gasteiger partial charge in [0.2, 0.25) is 0 Å². The lowest BCUT2D eigenvalue weighted by Crippen LogP contribution is -2.71. The van der Waals surface area contributed by atoms with Gasteiger partial charge in [-0.25, -0.2) is 9.78 Å². The van der Waals surface area contributed by atoms with Crippen molar-refractivity contribution in [3.05, 3.63) is 202 Å². The summed E-state index contributed by atoms with van der Waals surface area (Å²) in [7, 11) is -5.08. The van der Waals surface area contributed by atoms with Crippen molar-refractivity contribution < 1.29 is 49.7 Å². The van der Waals surface area contributed by atoms with Gasteiger partial charge in [-0.05, 0) is 27.8 Å². The van der Waals surface area contributed by atoms with E-state index >= 15 is 0 Å². The zero-order chi connectivity index (χ0) is 45.8. The number of β-lactam (4-membered cyclic amide) rings is 1. The fourth-order valence-electron chi connectivity index (χ4n) is 7.46. The van der Waals surface area contributed by atoms with Crippen LogP contribution in [0.1, 0.15) is 39.6 Å². The second kappa shape index (κ2) is 18.6. The third kappa shape index (κ3) is 8.94. The van der Waals surface area contributed by atoms with Gasteiger partial charge in [-0.2, -0.15) is 21.6 Å². The lowest BCUT2D eigenvalue weighted by atomic mass is 9.77. The lowest BCUT2D eigenvalue weighted by Gasteiger charge is -2.49. The minimum absolute atomic E-state index is 0.0740. The number of hydrogen-bond acceptors (Lipinski definition) is 13. The monoisotopic (exact) mass is 939 g/mol. The maximum absolute atomic E-state index is 14.1. The second-order valence-electron chi connectivity index (χ2n) is 14.4. The molecule has 8 rings (SSSR count). The van der Waals surface area contributed by atoms with Crippen LogP contribution < -0.4 is 10.6 Å². The van der Waals surface area contributed by atoms with Gasteiger partial charge in [0.15, 0.2) is 28.4 Å². The fraction of sp³-hybridized carbons (Fsp3) is 0.152. The zero-order valence-electron chi connectivity index (χ0n) is 33.9. The number of nitrogens with zero attached hydrogens (tertiary/aromatic N) is 3. The highest BCUT2D eigenvalue weighted by atomic mass is 32.2. The number of oxime groups is 1. The third-order valence-electron chi connectivity index (χ3n) is 10.4. The number of anilines is 1. The summed E-state index contributed by atoms with van der Waals surface area (Å²) in [5, 5.41) is 11.0. The molecule has 5 aromatic carbocycles. The van der Waals surface area contributed by atoms with E-state index in [-0.39, 0.29) is 11.4 Å². The molecular formula is C46H36F3N5O8S3. The number of ether oxygens (including phenoxy) is 1. The first kappa shape index (κ1) is 44.6. The van der Waals surface area contributed by atoms with Gasteiger partial charge in [-0.3, -0.25) is 14.5 Å². The number of hydrogen-bond donors (Lipinski definition) is 2. The summed E-state index contributed by atoms with van der Waals surface area (Å²) in [5.74, 6) is -4.84. The number of carbonyl (C=O) groups excluding carboxylic acids is 3. The van der Waals surface area contributed by atoms with Crippen LogP contribution in [0.2, 0.25) is 0 Å². The molecule has 2 aliphatic rings. The van der Waals surface area contributed by atoms with Crippen LogP contribution in [-0.4, -0.2) is 71.6 Å². The van der Waals surface area contributed by atoms with Crippen LogP contribution in [0.4, 0.5) is 18.3 Å². The van der Waals surface area contributed by atoms with Gasteiger partial charge in [0.1, 0.15) is 29.8 Å². The zero-order valence-corrected chi connectivity index (χ0v) is 36.4. The summed E-state index contributed by atoms with van der Waals surface area (Å²) < 4.78 is 75.8. The van der Waals surface area contributed by atoms with E-state index < -0.39 is 73.7 Å². The van der Waals surface area contributed by atoms with Gasteiger partial charge >= 0.3 is 21.6 Å². The molecule has 19 heteroatoms. The van der Waals surface area contributed by atoms with E-state index in [1.807, 2.05) is 91.0 Å². The molecule has 6 aromatic rings. The number of thioether (sulfide) groups is 1. The lowest BCUT2D eigenvalue weighted by molar-refractivity contribution is -0.154. The predicted octanol–water partition coefficient (Wildman–Crippen LogP) is 7.71. The van der Waals surface area contributed by atoms with Crippen molar-refractivity contribution in [1.82, 2.24) is 15.2 Å². The summed E-state index contributed by atoms with van der Waals surface area (Å²) >= 11 is 1.94. The number of halogens is 3. The maximum atomic E-state index is 14.1. The van der Waals surface area contributed by atoms with Crippen molar-refractivity contribution in [1.29, 1.82) is 0 Å². The van der Waals surface area contributed by atoms with Crippen LogP contribution in [0.15, 0.2) is 174 Å². The first-order valence-electron chi connectivity index (χ1n) is 19.6. The molecule has 1 unspecified atom stereocenters. The number of alkyl halides is 3. The van der Waals surface area contributed by atoms with E-state index in [0.717, 1.165) is 33.4 Å². The molecular weight excluding hydrogens is 904 g/mol. The number of esters is 1. The number of nitrogens with one attached hydrogen (secondary N) is 2. The molecule has 2 amide bonds. The molecule has 0 aliphatic carbocycles. The largest absolute Gasteiger partial charge is 0.534 e. The Kier molecular flexibility index (Phi) is 12.8. The standard InChI is InChI=1S/C46H36F3N5O8S3/c1-60-53-36(34-27-64-44(50-34)52-45(31-21-11-4-12-22-31,32-23-13-5-14-24-32)33-25-15-6-16-26-33)40(55)51-37-41(56)54-38(35(28-63-42(37)54)62-65(58,59)46(47,48)49)43(57)61-39(29-17-7-2-8-18-29)30-19-9-3-10-20-30/h2-27,37,39,42H,28H2,1H3,(H,50,52)(H,51,55)/b53-36-/t37?,42-/m1/s1. The van der Waals surface area contributed by atoms with Gasteiger partial charge < -0.3 is 24.4 Å². The topological polar surface area (TPSA) is 166 Å². The Morgan fingerprint density at radius 1 is 0.800 bits per heavy atom. The van der Waals surface area contributed by atoms with Crippen molar-refractivity contribution in [3.8, 4) is 0 Å². The van der Waals surface area contributed by atoms with E-state index in [9.17, 15) is 36.0 Å². The highest BCUT2D eigenvalue weighted by Crippen LogP contribution is 2.44. The molecule has 2 atom stereocenters. The highest BCUT2D eigenvalue weighted by Gasteiger charge is 2.57. The van der Waals surface area contributed by atoms with Crippen LogP contribution >= 0.6 is 23.1 Å². The number of carbonyl (C=O) groups is 3. The minimum atomic E-state index is -6.30. The summed E-state index contributed by atoms with van der Waals surface area (Å²) in [5.41, 5.74) is -4.31. The summed E-state index contributed by atoms with van der Waals surface area (Å²) in [4.78, 5) is 52.7. The van der Waals surface area contributed by atoms with Crippen molar-refractivity contribution in [2.75, 3.05) is 18.2 Å². The van der Waals surface area contributed by atoms with E-state index in [4.69, 9.17) is 14.6 Å². The molecule has 332 valence electrons. The quantitative estimate of drug-likeness (QED) is 0.0197. The SMILES string of the molecule is CO/N=C(\C(=O)NC1C(=O)N2C(C(=O)OC(c3ccccc3)c3ccccc3)=C(OS(=O)(=O)C(F)(F)F)CS[C@H]12)c1csc(NC(c2ccccc2)(c2ccccc2)c2ccccc2)n1. The van der Waals surface area contributed by atoms with Crippen LogP contribution in [0, 0.1) is 0 Å². The number of fused-ring (bicyclic) bond motifs is 1. The molecule has 13 nitrogen and oxygen atoms in total. The molecule has 0 spiro atoms. The van der Waals surface area contributed by atoms with Gasteiger partial charge in [-0.15, -0.1) is 23.1 Å². The fourth-order valence-corrected chi connectivity index (χ4v) is 10.0. The number of aromatic nitrogens is 1. The molecule has 0 radical (unpaired) electrons. The van der Waals surface area contributed by atoms with Crippen LogP contribution in [0.5, 0.6) is 0 Å². The summed E-state index contributed by atoms with van der Waals surface area (Å²) in [6.07, 6.45) is -1.14. The maximum Gasteiger partial charge on any atom is 0.534 e. The van der Waals surface area contributed by atoms with Crippen molar-refractivity contribution in [3.63, 3.8) is 0 Å². The average Bonchev–Trinajstić information content (AvgIpc) is 3.79. The Balaban J connectivity index is 1.08. The Morgan fingerprint density at radius 3 is 1.77 bits per heavy atom. The Morgan fingerprint density at radius 2 is 1.29 bits per heavy atom. The van der Waals surface area contributed by atoms with Crippen LogP contribution in [-0.2, 0) is 43.8 Å². The first-order chi connectivity index (χ1) is 31.3. The van der Waals surface area contributed by atoms with Gasteiger partial charge in [0, 0.05) is 5.38 Å². The first-order valence-corrected chi connectivity index (χ1v) is 23.0. The van der Waals surface area contributed by atoms with Crippen LogP contribution in [0.3, 0.4) is 0 Å². The number of benzene rings is 5. The molecule has 0 saturated carbocycles. The van der Waals surface area contributed by atoms with E-state index in [2.05, 4.69) is 20.0 Å². The van der Waals surface area contributed by atoms with Crippen molar-refractivity contribution in [2.24, 2.45) is 5.16 Å². The van der Waals surface area contributed by atoms with E-state index in [1.165, 1.54) is 18.4 Å². The van der Waals surface area contributed by atoms with Crippen LogP contribution in [0.25, 0.3) is 0 Å². The molecule has 3 heterocycles. The summed E-state index contributed by atoms with van der Waals surface area (Å²) in [6.45, 7) is 0. The number of amides is 2. The Bertz CT molecular complexity index is 2720. The molecule has 2 aliphatic heterocycles. The van der Waals surface area contributed by atoms with E-state index in [0.29, 0.717) is 16.3 Å². The molecule has 1 saturated heterocycles. The van der Waals surface area contributed by atoms with Gasteiger partial charge in [-0.1, -0.05) is 157 Å². The van der Waals surface area contributed by atoms with E-state index in [1.54, 1.807) is 66.0 Å². The average molecular weight is 940 g/mol. The normalized spacial score (nSPS) is 16.6. The smallest absolute Gasteiger partial charge is 0.448 e.